The molecule has 0 fully saturated rings. The minimum absolute atomic E-state index is 0. The van der Waals surface area contributed by atoms with Gasteiger partial charge in [0.25, 0.3) is 0 Å². The summed E-state index contributed by atoms with van der Waals surface area (Å²) in [6.07, 6.45) is 44.5. The number of aliphatic carboxylic acids is 3. The second-order valence-corrected chi connectivity index (χ2v) is 15.1. The van der Waals surface area contributed by atoms with Crippen LogP contribution in [0.3, 0.4) is 0 Å². The molecule has 0 atom stereocenters. The number of rotatable bonds is 38. The van der Waals surface area contributed by atoms with Gasteiger partial charge in [-0.25, -0.2) is 0 Å². The molecule has 0 aromatic heterocycles. The summed E-state index contributed by atoms with van der Waals surface area (Å²) in [5.41, 5.74) is 5.39. The monoisotopic (exact) mass is 992 g/mol. The quantitative estimate of drug-likeness (QED) is 0.0368. The Morgan fingerprint density at radius 2 is 0.464 bits per heavy atom. The van der Waals surface area contributed by atoms with E-state index >= 15 is 0 Å². The minimum atomic E-state index is -0.909. The van der Waals surface area contributed by atoms with Crippen LogP contribution in [0, 0.1) is 0 Å². The van der Waals surface area contributed by atoms with Crippen LogP contribution in [0.2, 0.25) is 0 Å². The first-order chi connectivity index (χ1) is 26.7. The van der Waals surface area contributed by atoms with Crippen LogP contribution in [-0.4, -0.2) is 50.7 Å². The van der Waals surface area contributed by atoms with Crippen LogP contribution >= 0.6 is 0 Å². The van der Waals surface area contributed by atoms with E-state index in [9.17, 15) is 29.7 Å². The second kappa shape index (κ2) is 68.7. The van der Waals surface area contributed by atoms with Gasteiger partial charge in [-0.3, -0.25) is 0 Å². The van der Waals surface area contributed by atoms with Gasteiger partial charge >= 0.3 is 26.2 Å². The van der Waals surface area contributed by atoms with Crippen LogP contribution in [0.4, 0.5) is 0 Å². The molecule has 0 aliphatic rings. The zero-order chi connectivity index (χ0) is 42.3. The summed E-state index contributed by atoms with van der Waals surface area (Å²) in [6, 6.07) is 0. The number of unbranched alkanes of at least 4 members (excludes halogenated alkanes) is 31. The smallest absolute Gasteiger partial charge is 0.550 e. The molecule has 2 radical (unpaired) electrons. The maximum atomic E-state index is 10.1. The molecule has 0 heterocycles. The van der Waals surface area contributed by atoms with Crippen LogP contribution in [0.25, 0.3) is 0 Å². The zero-order valence-electron chi connectivity index (χ0n) is 38.0. The van der Waals surface area contributed by atoms with Crippen molar-refractivity contribution in [3.63, 3.8) is 0 Å². The number of carboxylic acids is 3. The molecule has 8 heteroatoms. The molecule has 0 spiro atoms. The van der Waals surface area contributed by atoms with Crippen molar-refractivity contribution >= 4 is 44.1 Å². The largest absolute Gasteiger partial charge is 3.00 e. The number of carbonyl (C=O) groups is 3. The van der Waals surface area contributed by atoms with Crippen molar-refractivity contribution in [2.45, 2.75) is 272 Å². The fraction of sp³-hybridized carbons (Fsp3) is 0.896. The molecule has 0 aromatic rings. The fourth-order valence-electron chi connectivity index (χ4n) is 6.02. The van der Waals surface area contributed by atoms with E-state index in [0.717, 1.165) is 45.1 Å². The van der Waals surface area contributed by atoms with Crippen molar-refractivity contribution in [3.05, 3.63) is 13.2 Å². The molecule has 0 rings (SSSR count). The molecule has 0 bridgehead atoms. The summed E-state index contributed by atoms with van der Waals surface area (Å²) in [5.74, 6) is -2.73. The Hall–Kier alpha value is -1.01. The van der Waals surface area contributed by atoms with E-state index < -0.39 is 17.9 Å². The van der Waals surface area contributed by atoms with Crippen LogP contribution in [0.5, 0.6) is 0 Å². The number of hydrogen-bond donors (Lipinski definition) is 1. The van der Waals surface area contributed by atoms with Gasteiger partial charge in [-0.2, -0.15) is 0 Å². The van der Waals surface area contributed by atoms with Crippen molar-refractivity contribution in [1.82, 2.24) is 0 Å². The van der Waals surface area contributed by atoms with Crippen molar-refractivity contribution in [1.29, 1.82) is 0 Å². The Morgan fingerprint density at radius 3 is 0.607 bits per heavy atom. The van der Waals surface area contributed by atoms with E-state index in [2.05, 4.69) is 40.9 Å². The first-order valence-corrected chi connectivity index (χ1v) is 23.5. The fourth-order valence-corrected chi connectivity index (χ4v) is 6.02. The molecule has 2 N–H and O–H groups in total. The summed E-state index contributed by atoms with van der Waals surface area (Å²) in [7, 11) is 0. The third-order valence-corrected chi connectivity index (χ3v) is 9.51. The van der Waals surface area contributed by atoms with Gasteiger partial charge in [0.05, 0.1) is 0 Å². The third-order valence-electron chi connectivity index (χ3n) is 9.51. The van der Waals surface area contributed by atoms with Crippen molar-refractivity contribution in [3.8, 4) is 0 Å². The first kappa shape index (κ1) is 66.8. The van der Waals surface area contributed by atoms with Crippen molar-refractivity contribution in [2.24, 2.45) is 5.73 Å². The third kappa shape index (κ3) is 89.6. The Bertz CT molecular complexity index is 625. The van der Waals surface area contributed by atoms with Crippen molar-refractivity contribution < 1.29 is 29.7 Å². The van der Waals surface area contributed by atoms with Gasteiger partial charge in [-0.15, -0.1) is 13.2 Å². The molecule has 56 heavy (non-hydrogen) atoms. The van der Waals surface area contributed by atoms with E-state index in [0.29, 0.717) is 0 Å². The van der Waals surface area contributed by atoms with E-state index in [1.165, 1.54) is 186 Å². The van der Waals surface area contributed by atoms with Gasteiger partial charge in [0.15, 0.2) is 0 Å². The molecule has 0 saturated carbocycles. The number of nitrogens with two attached hydrogens (primary N) is 1. The topological polar surface area (TPSA) is 146 Å². The molecule has 0 amide bonds. The van der Waals surface area contributed by atoms with Gasteiger partial charge in [0.1, 0.15) is 0 Å². The normalized spacial score (nSPS) is 9.88. The van der Waals surface area contributed by atoms with Crippen LogP contribution in [-0.2, 0) is 14.4 Å². The van der Waals surface area contributed by atoms with E-state index in [1.807, 2.05) is 0 Å². The Labute approximate surface area is 369 Å². The average molecular weight is 992 g/mol. The van der Waals surface area contributed by atoms with E-state index in [4.69, 9.17) is 5.73 Å². The summed E-state index contributed by atoms with van der Waals surface area (Å²) < 4.78 is 0. The maximum absolute atomic E-state index is 10.1. The molecule has 0 unspecified atom stereocenters. The Morgan fingerprint density at radius 1 is 0.321 bits per heavy atom. The minimum Gasteiger partial charge on any atom is -0.550 e. The standard InChI is InChI=1S/3C12H24O2.C10H23N.C2H4.Bi/c3*1-2-3-4-5-6-7-8-9-10-11-12(13)14;1-2-3-4-5-6-7-8-9-10-11;1-2;/h3*2-11H2,1H3,(H,13,14);2-11H2,1H3;1-2H2;/q;;;;;+3/p-3. The number of carboxylic acid groups (broad SMARTS) is 3. The molecule has 0 aromatic carbocycles. The van der Waals surface area contributed by atoms with Crippen LogP contribution in [0.1, 0.15) is 272 Å². The maximum Gasteiger partial charge on any atom is 3.00 e. The van der Waals surface area contributed by atoms with Gasteiger partial charge in [0, 0.05) is 17.9 Å². The van der Waals surface area contributed by atoms with Gasteiger partial charge < -0.3 is 35.4 Å². The predicted octanol–water partition coefficient (Wildman–Crippen LogP) is 11.5. The summed E-state index contributed by atoms with van der Waals surface area (Å²) >= 11 is 0. The van der Waals surface area contributed by atoms with Gasteiger partial charge in [-0.1, -0.05) is 227 Å². The summed E-state index contributed by atoms with van der Waals surface area (Å²) in [6.45, 7) is 15.8. The zero-order valence-corrected chi connectivity index (χ0v) is 41.4. The molecule has 7 nitrogen and oxygen atoms in total. The van der Waals surface area contributed by atoms with Gasteiger partial charge in [0.2, 0.25) is 0 Å². The second-order valence-electron chi connectivity index (χ2n) is 15.1. The van der Waals surface area contributed by atoms with Gasteiger partial charge in [-0.05, 0) is 51.5 Å². The predicted molar refractivity (Wildman–Crippen MR) is 239 cm³/mol. The first-order valence-electron chi connectivity index (χ1n) is 23.5. The van der Waals surface area contributed by atoms with Crippen LogP contribution < -0.4 is 21.1 Å². The Kier molecular flexibility index (Phi) is 81.9. The molecule has 0 aliphatic carbocycles. The molecular formula is C48H96BiNO6. The molecule has 0 aliphatic heterocycles. The molecule has 334 valence electrons. The van der Waals surface area contributed by atoms with Crippen LogP contribution in [0.15, 0.2) is 13.2 Å². The number of hydrogen-bond acceptors (Lipinski definition) is 7. The summed E-state index contributed by atoms with van der Waals surface area (Å²) in [5, 5.41) is 30.3. The van der Waals surface area contributed by atoms with Crippen molar-refractivity contribution in [2.75, 3.05) is 6.54 Å². The average Bonchev–Trinajstić information content (AvgIpc) is 3.17. The summed E-state index contributed by atoms with van der Waals surface area (Å²) in [4.78, 5) is 30.3. The molecule has 0 saturated heterocycles. The molecular weight excluding hydrogens is 896 g/mol. The Balaban J connectivity index is -0.000000146. The number of carbonyl (C=O) groups excluding carboxylic acids is 3. The SMILES string of the molecule is C=C.CCCCCCCCCCCC(=O)[O-].CCCCCCCCCCCC(=O)[O-].CCCCCCCCCCCC(=O)[O-].CCCCCCCCCCN.[Bi+3]. The van der Waals surface area contributed by atoms with E-state index in [1.54, 1.807) is 0 Å². The van der Waals surface area contributed by atoms with E-state index in [-0.39, 0.29) is 45.5 Å².